The summed E-state index contributed by atoms with van der Waals surface area (Å²) in [6, 6.07) is 21.5. The molecule has 0 aliphatic heterocycles. The molecule has 39 heavy (non-hydrogen) atoms. The summed E-state index contributed by atoms with van der Waals surface area (Å²) in [5.74, 6) is 1.31. The molecular formula is C30H27N7O2. The van der Waals surface area contributed by atoms with Gasteiger partial charge in [0, 0.05) is 23.6 Å². The third-order valence-corrected chi connectivity index (χ3v) is 7.00. The largest absolute Gasteiger partial charge is 0.450 e. The highest BCUT2D eigenvalue weighted by atomic mass is 16.5. The van der Waals surface area contributed by atoms with Crippen LogP contribution in [0.3, 0.4) is 0 Å². The van der Waals surface area contributed by atoms with Crippen LogP contribution in [-0.4, -0.2) is 37.0 Å². The lowest BCUT2D eigenvalue weighted by Crippen LogP contribution is -2.28. The number of nitrogens with zero attached hydrogens (tertiary/aromatic N) is 6. The number of ether oxygens (including phenoxy) is 1. The molecule has 3 heterocycles. The molecule has 0 radical (unpaired) electrons. The molecule has 9 heteroatoms. The molecule has 0 saturated heterocycles. The van der Waals surface area contributed by atoms with Crippen molar-refractivity contribution >= 4 is 17.3 Å². The predicted octanol–water partition coefficient (Wildman–Crippen LogP) is 5.66. The zero-order chi connectivity index (χ0) is 26.8. The second kappa shape index (κ2) is 10.4. The number of pyridine rings is 1. The number of hydrogen-bond donors (Lipinski definition) is 1. The highest BCUT2D eigenvalue weighted by Gasteiger charge is 2.26. The van der Waals surface area contributed by atoms with Crippen molar-refractivity contribution in [3.8, 4) is 29.0 Å². The van der Waals surface area contributed by atoms with Gasteiger partial charge in [-0.3, -0.25) is 4.57 Å². The molecule has 0 unspecified atom stereocenters. The average Bonchev–Trinajstić information content (AvgIpc) is 3.72. The molecule has 1 N–H and O–H groups in total. The van der Waals surface area contributed by atoms with E-state index in [4.69, 9.17) is 14.7 Å². The molecular weight excluding hydrogens is 490 g/mol. The van der Waals surface area contributed by atoms with E-state index in [1.165, 1.54) is 0 Å². The molecule has 1 atom stereocenters. The van der Waals surface area contributed by atoms with Crippen LogP contribution in [0.1, 0.15) is 48.9 Å². The number of carbonyl (C=O) groups is 1. The molecule has 1 aliphatic carbocycles. The molecule has 1 amide bonds. The van der Waals surface area contributed by atoms with Crippen molar-refractivity contribution < 1.29 is 9.53 Å². The molecule has 2 aromatic carbocycles. The summed E-state index contributed by atoms with van der Waals surface area (Å²) in [5.41, 5.74) is 5.76. The lowest BCUT2D eigenvalue weighted by atomic mass is 10.1. The number of benzene rings is 2. The summed E-state index contributed by atoms with van der Waals surface area (Å²) in [5, 5.41) is 17.2. The van der Waals surface area contributed by atoms with Gasteiger partial charge in [-0.1, -0.05) is 31.5 Å². The summed E-state index contributed by atoms with van der Waals surface area (Å²) in [6.45, 7) is 2.49. The highest BCUT2D eigenvalue weighted by Crippen LogP contribution is 2.35. The number of aromatic nitrogens is 5. The quantitative estimate of drug-likeness (QED) is 0.279. The molecule has 9 nitrogen and oxygen atoms in total. The van der Waals surface area contributed by atoms with Gasteiger partial charge in [-0.15, -0.1) is 0 Å². The van der Waals surface area contributed by atoms with Crippen LogP contribution in [0.4, 0.5) is 4.79 Å². The zero-order valence-electron chi connectivity index (χ0n) is 21.5. The SMILES string of the molecule is CCCCOC(=O)N[C@H]1CCc2cc(-n3c(-c4ccccc4C#N)nc4ccc(-n5cccn5)nc43)ccc21. The number of nitrogens with one attached hydrogen (secondary N) is 1. The first kappa shape index (κ1) is 24.4. The van der Waals surface area contributed by atoms with Crippen molar-refractivity contribution in [2.75, 3.05) is 6.61 Å². The van der Waals surface area contributed by atoms with Crippen LogP contribution >= 0.6 is 0 Å². The van der Waals surface area contributed by atoms with E-state index in [-0.39, 0.29) is 12.1 Å². The van der Waals surface area contributed by atoms with Gasteiger partial charge in [0.2, 0.25) is 0 Å². The fourth-order valence-corrected chi connectivity index (χ4v) is 5.07. The van der Waals surface area contributed by atoms with Crippen molar-refractivity contribution in [3.63, 3.8) is 0 Å². The van der Waals surface area contributed by atoms with E-state index in [1.54, 1.807) is 16.9 Å². The summed E-state index contributed by atoms with van der Waals surface area (Å²) < 4.78 is 9.02. The summed E-state index contributed by atoms with van der Waals surface area (Å²) >= 11 is 0. The first-order valence-corrected chi connectivity index (χ1v) is 13.1. The number of imidazole rings is 1. The Labute approximate surface area is 225 Å². The van der Waals surface area contributed by atoms with Crippen molar-refractivity contribution in [1.82, 2.24) is 29.6 Å². The monoisotopic (exact) mass is 517 g/mol. The van der Waals surface area contributed by atoms with E-state index in [1.807, 2.05) is 53.2 Å². The number of hydrogen-bond acceptors (Lipinski definition) is 6. The van der Waals surface area contributed by atoms with Crippen LogP contribution in [0.5, 0.6) is 0 Å². The Bertz CT molecular complexity index is 1700. The molecule has 0 fully saturated rings. The number of carbonyl (C=O) groups excluding carboxylic acids is 1. The van der Waals surface area contributed by atoms with Gasteiger partial charge >= 0.3 is 6.09 Å². The van der Waals surface area contributed by atoms with E-state index >= 15 is 0 Å². The van der Waals surface area contributed by atoms with E-state index in [2.05, 4.69) is 35.5 Å². The Morgan fingerprint density at radius 3 is 2.87 bits per heavy atom. The number of fused-ring (bicyclic) bond motifs is 2. The maximum Gasteiger partial charge on any atom is 0.407 e. The van der Waals surface area contributed by atoms with Gasteiger partial charge < -0.3 is 10.1 Å². The Hall–Kier alpha value is -4.97. The first-order chi connectivity index (χ1) is 19.2. The molecule has 5 aromatic rings. The first-order valence-electron chi connectivity index (χ1n) is 13.1. The second-order valence-corrected chi connectivity index (χ2v) is 9.50. The molecule has 0 spiro atoms. The van der Waals surface area contributed by atoms with Crippen molar-refractivity contribution in [3.05, 3.63) is 89.7 Å². The summed E-state index contributed by atoms with van der Waals surface area (Å²) in [7, 11) is 0. The van der Waals surface area contributed by atoms with Gasteiger partial charge in [0.25, 0.3) is 0 Å². The van der Waals surface area contributed by atoms with Crippen LogP contribution in [0.2, 0.25) is 0 Å². The molecule has 194 valence electrons. The Morgan fingerprint density at radius 1 is 1.15 bits per heavy atom. The minimum atomic E-state index is -0.378. The van der Waals surface area contributed by atoms with Gasteiger partial charge in [0.05, 0.1) is 24.3 Å². The lowest BCUT2D eigenvalue weighted by molar-refractivity contribution is 0.140. The summed E-state index contributed by atoms with van der Waals surface area (Å²) in [4.78, 5) is 22.1. The number of unbranched alkanes of at least 4 members (excludes halogenated alkanes) is 1. The minimum Gasteiger partial charge on any atom is -0.450 e. The fraction of sp³-hybridized carbons (Fsp3) is 0.233. The normalized spacial score (nSPS) is 14.2. The zero-order valence-corrected chi connectivity index (χ0v) is 21.5. The minimum absolute atomic E-state index is 0.0916. The highest BCUT2D eigenvalue weighted by molar-refractivity contribution is 5.82. The lowest BCUT2D eigenvalue weighted by Gasteiger charge is -2.15. The van der Waals surface area contributed by atoms with Gasteiger partial charge in [-0.05, 0) is 72.9 Å². The van der Waals surface area contributed by atoms with Gasteiger partial charge in [0.15, 0.2) is 11.5 Å². The van der Waals surface area contributed by atoms with Gasteiger partial charge in [-0.25, -0.2) is 19.4 Å². The van der Waals surface area contributed by atoms with Gasteiger partial charge in [0.1, 0.15) is 11.3 Å². The molecule has 1 aliphatic rings. The van der Waals surface area contributed by atoms with E-state index in [0.29, 0.717) is 35.0 Å². The molecule has 6 rings (SSSR count). The van der Waals surface area contributed by atoms with E-state index in [9.17, 15) is 10.1 Å². The molecule has 0 bridgehead atoms. The van der Waals surface area contributed by atoms with Gasteiger partial charge in [-0.2, -0.15) is 10.4 Å². The van der Waals surface area contributed by atoms with Crippen LogP contribution in [-0.2, 0) is 11.2 Å². The van der Waals surface area contributed by atoms with Crippen molar-refractivity contribution in [2.45, 2.75) is 38.6 Å². The smallest absolute Gasteiger partial charge is 0.407 e. The molecule has 3 aromatic heterocycles. The number of amides is 1. The third-order valence-electron chi connectivity index (χ3n) is 7.00. The average molecular weight is 518 g/mol. The number of alkyl carbamates (subject to hydrolysis) is 1. The van der Waals surface area contributed by atoms with E-state index < -0.39 is 0 Å². The van der Waals surface area contributed by atoms with Crippen LogP contribution < -0.4 is 5.32 Å². The Morgan fingerprint density at radius 2 is 2.05 bits per heavy atom. The third kappa shape index (κ3) is 4.61. The maximum atomic E-state index is 12.3. The molecule has 0 saturated carbocycles. The topological polar surface area (TPSA) is 111 Å². The van der Waals surface area contributed by atoms with E-state index in [0.717, 1.165) is 48.1 Å². The second-order valence-electron chi connectivity index (χ2n) is 9.50. The van der Waals surface area contributed by atoms with Crippen LogP contribution in [0, 0.1) is 11.3 Å². The standard InChI is InChI=1S/C30H27N7O2/c1-2-3-17-39-30(38)34-25-12-9-20-18-22(10-11-23(20)25)37-28(24-8-5-4-7-21(24)19-31)33-26-13-14-27(35-29(26)37)36-16-6-15-32-36/h4-8,10-11,13-16,18,25H,2-3,9,12,17H2,1H3,(H,34,38)/t25-/m0/s1. The number of aryl methyl sites for hydroxylation is 1. The predicted molar refractivity (Wildman–Crippen MR) is 147 cm³/mol. The maximum absolute atomic E-state index is 12.3. The van der Waals surface area contributed by atoms with Crippen molar-refractivity contribution in [1.29, 1.82) is 5.26 Å². The number of rotatable bonds is 7. The Balaban J connectivity index is 1.44. The Kier molecular flexibility index (Phi) is 6.51. The van der Waals surface area contributed by atoms with Crippen LogP contribution in [0.15, 0.2) is 73.1 Å². The fourth-order valence-electron chi connectivity index (χ4n) is 5.07. The van der Waals surface area contributed by atoms with Crippen LogP contribution in [0.25, 0.3) is 34.1 Å². The number of nitriles is 1. The summed E-state index contributed by atoms with van der Waals surface area (Å²) in [6.07, 6.45) is 6.63. The van der Waals surface area contributed by atoms with Crippen molar-refractivity contribution in [2.24, 2.45) is 0 Å².